The molecule has 0 bridgehead atoms. The van der Waals surface area contributed by atoms with Crippen molar-refractivity contribution in [2.75, 3.05) is 0 Å². The molecule has 0 spiro atoms. The summed E-state index contributed by atoms with van der Waals surface area (Å²) in [7, 11) is 0. The number of hydrogen-bond acceptors (Lipinski definition) is 3. The van der Waals surface area contributed by atoms with Crippen molar-refractivity contribution >= 4 is 12.2 Å². The van der Waals surface area contributed by atoms with Crippen LogP contribution in [0, 0.1) is 5.92 Å². The van der Waals surface area contributed by atoms with Gasteiger partial charge in [-0.2, -0.15) is 5.10 Å². The molecule has 3 atom stereocenters. The van der Waals surface area contributed by atoms with Gasteiger partial charge in [-0.15, -0.1) is 0 Å². The molecule has 0 saturated heterocycles. The van der Waals surface area contributed by atoms with Gasteiger partial charge in [-0.1, -0.05) is 51.1 Å². The van der Waals surface area contributed by atoms with Crippen LogP contribution in [0.2, 0.25) is 0 Å². The van der Waals surface area contributed by atoms with Gasteiger partial charge in [0, 0.05) is 11.9 Å². The maximum absolute atomic E-state index is 12.5. The summed E-state index contributed by atoms with van der Waals surface area (Å²) < 4.78 is 0. The summed E-state index contributed by atoms with van der Waals surface area (Å²) >= 11 is 0. The molecule has 5 heteroatoms. The zero-order valence-electron chi connectivity index (χ0n) is 15.5. The molecule has 136 valence electrons. The number of carbonyl (C=O) groups excluding carboxylic acids is 1. The molecule has 4 rings (SSSR count). The number of allylic oxidation sites excluding steroid dienone is 2. The predicted molar refractivity (Wildman–Crippen MR) is 104 cm³/mol. The number of hydrazone groups is 1. The number of fused-ring (bicyclic) bond motifs is 2. The number of rotatable bonds is 2. The van der Waals surface area contributed by atoms with Gasteiger partial charge in [0.15, 0.2) is 0 Å². The Morgan fingerprint density at radius 1 is 1.31 bits per heavy atom. The quantitative estimate of drug-likeness (QED) is 0.766. The standard InChI is InChI=1S/C21H26N4O/c1-21(2,3)14-8-9-15-13(11-14)7-10-18(15)24-20(26)23-17-5-4-6-19-16(17)12-22-25-19/h4-6,8-9,11-12,16,18-19,25H,7,10H2,1-3H3,(H2,23,24,26)/t16?,18-,19?/m1/s1. The first-order valence-corrected chi connectivity index (χ1v) is 9.30. The fraction of sp³-hybridized carbons (Fsp3) is 0.429. The second-order valence-corrected chi connectivity index (χ2v) is 8.32. The topological polar surface area (TPSA) is 65.5 Å². The monoisotopic (exact) mass is 350 g/mol. The van der Waals surface area contributed by atoms with Crippen LogP contribution in [0.25, 0.3) is 0 Å². The van der Waals surface area contributed by atoms with Crippen LogP contribution in [0.4, 0.5) is 4.79 Å². The van der Waals surface area contributed by atoms with Crippen molar-refractivity contribution in [3.05, 3.63) is 58.8 Å². The normalized spacial score (nSPS) is 26.0. The number of urea groups is 1. The smallest absolute Gasteiger partial charge is 0.319 e. The van der Waals surface area contributed by atoms with Crippen molar-refractivity contribution in [3.63, 3.8) is 0 Å². The third-order valence-electron chi connectivity index (χ3n) is 5.45. The lowest BCUT2D eigenvalue weighted by molar-refractivity contribution is 0.238. The molecule has 1 aromatic carbocycles. The zero-order chi connectivity index (χ0) is 18.3. The van der Waals surface area contributed by atoms with Gasteiger partial charge in [0.05, 0.1) is 18.0 Å². The number of nitrogens with one attached hydrogen (secondary N) is 3. The maximum atomic E-state index is 12.5. The van der Waals surface area contributed by atoms with Crippen molar-refractivity contribution in [2.45, 2.75) is 51.1 Å². The largest absolute Gasteiger partial charge is 0.331 e. The number of aryl methyl sites for hydroxylation is 1. The first kappa shape index (κ1) is 16.9. The fourth-order valence-corrected chi connectivity index (χ4v) is 3.89. The number of benzene rings is 1. The maximum Gasteiger partial charge on any atom is 0.319 e. The van der Waals surface area contributed by atoms with Gasteiger partial charge in [0.1, 0.15) is 0 Å². The summed E-state index contributed by atoms with van der Waals surface area (Å²) in [6.45, 7) is 6.69. The lowest BCUT2D eigenvalue weighted by atomic mass is 9.85. The first-order valence-electron chi connectivity index (χ1n) is 9.30. The van der Waals surface area contributed by atoms with Crippen LogP contribution >= 0.6 is 0 Å². The van der Waals surface area contributed by atoms with E-state index in [0.717, 1.165) is 18.5 Å². The van der Waals surface area contributed by atoms with Crippen LogP contribution in [0.5, 0.6) is 0 Å². The SMILES string of the molecule is CC(C)(C)c1ccc2c(c1)CC[C@H]2NC(=O)NC1=CC=CC2NN=CC12. The summed E-state index contributed by atoms with van der Waals surface area (Å²) in [5.41, 5.74) is 8.01. The van der Waals surface area contributed by atoms with E-state index in [2.05, 4.69) is 66.2 Å². The molecular formula is C21H26N4O. The minimum atomic E-state index is -0.150. The van der Waals surface area contributed by atoms with Gasteiger partial charge in [0.25, 0.3) is 0 Å². The van der Waals surface area contributed by atoms with E-state index in [-0.39, 0.29) is 29.4 Å². The molecule has 3 aliphatic rings. The van der Waals surface area contributed by atoms with E-state index in [4.69, 9.17) is 0 Å². The Bertz CT molecular complexity index is 816. The van der Waals surface area contributed by atoms with Crippen LogP contribution < -0.4 is 16.1 Å². The van der Waals surface area contributed by atoms with Crippen LogP contribution in [-0.4, -0.2) is 18.3 Å². The predicted octanol–water partition coefficient (Wildman–Crippen LogP) is 3.30. The van der Waals surface area contributed by atoms with Crippen LogP contribution in [0.3, 0.4) is 0 Å². The molecule has 2 amide bonds. The number of hydrogen-bond donors (Lipinski definition) is 3. The third kappa shape index (κ3) is 3.14. The lowest BCUT2D eigenvalue weighted by Crippen LogP contribution is -2.41. The molecule has 2 aliphatic carbocycles. The Hall–Kier alpha value is -2.56. The van der Waals surface area contributed by atoms with Crippen LogP contribution in [0.15, 0.2) is 47.2 Å². The number of nitrogens with zero attached hydrogens (tertiary/aromatic N) is 1. The summed E-state index contributed by atoms with van der Waals surface area (Å²) in [6.07, 6.45) is 9.76. The average Bonchev–Trinajstić information content (AvgIpc) is 3.21. The van der Waals surface area contributed by atoms with E-state index >= 15 is 0 Å². The highest BCUT2D eigenvalue weighted by Crippen LogP contribution is 2.34. The van der Waals surface area contributed by atoms with E-state index in [1.165, 1.54) is 16.7 Å². The van der Waals surface area contributed by atoms with E-state index < -0.39 is 0 Å². The Balaban J connectivity index is 1.43. The van der Waals surface area contributed by atoms with Crippen molar-refractivity contribution < 1.29 is 4.79 Å². The Kier molecular flexibility index (Phi) is 4.10. The number of amides is 2. The second kappa shape index (κ2) is 6.31. The molecule has 1 aromatic rings. The minimum absolute atomic E-state index is 0.0740. The zero-order valence-corrected chi connectivity index (χ0v) is 15.5. The van der Waals surface area contributed by atoms with E-state index in [1.54, 1.807) is 0 Å². The molecular weight excluding hydrogens is 324 g/mol. The summed E-state index contributed by atoms with van der Waals surface area (Å²) in [5.74, 6) is 0.0935. The van der Waals surface area contributed by atoms with Gasteiger partial charge >= 0.3 is 6.03 Å². The summed E-state index contributed by atoms with van der Waals surface area (Å²) in [6, 6.07) is 6.73. The van der Waals surface area contributed by atoms with E-state index in [0.29, 0.717) is 0 Å². The van der Waals surface area contributed by atoms with Crippen molar-refractivity contribution in [2.24, 2.45) is 11.0 Å². The van der Waals surface area contributed by atoms with Gasteiger partial charge in [-0.3, -0.25) is 0 Å². The molecule has 2 unspecified atom stereocenters. The van der Waals surface area contributed by atoms with Gasteiger partial charge in [-0.05, 0) is 41.0 Å². The highest BCUT2D eigenvalue weighted by molar-refractivity contribution is 5.79. The highest BCUT2D eigenvalue weighted by Gasteiger charge is 2.30. The number of carbonyl (C=O) groups is 1. The Labute approximate surface area is 154 Å². The molecule has 26 heavy (non-hydrogen) atoms. The Morgan fingerprint density at radius 2 is 2.15 bits per heavy atom. The summed E-state index contributed by atoms with van der Waals surface area (Å²) in [4.78, 5) is 12.5. The minimum Gasteiger partial charge on any atom is -0.331 e. The highest BCUT2D eigenvalue weighted by atomic mass is 16.2. The van der Waals surface area contributed by atoms with Crippen molar-refractivity contribution in [1.29, 1.82) is 0 Å². The van der Waals surface area contributed by atoms with Crippen LogP contribution in [-0.2, 0) is 11.8 Å². The fourth-order valence-electron chi connectivity index (χ4n) is 3.89. The molecule has 3 N–H and O–H groups in total. The molecule has 0 fully saturated rings. The van der Waals surface area contributed by atoms with Crippen molar-refractivity contribution in [1.82, 2.24) is 16.1 Å². The van der Waals surface area contributed by atoms with Crippen molar-refractivity contribution in [3.8, 4) is 0 Å². The Morgan fingerprint density at radius 3 is 2.96 bits per heavy atom. The van der Waals surface area contributed by atoms with Gasteiger partial charge in [0.2, 0.25) is 0 Å². The second-order valence-electron chi connectivity index (χ2n) is 8.32. The molecule has 0 radical (unpaired) electrons. The van der Waals surface area contributed by atoms with Gasteiger partial charge < -0.3 is 16.1 Å². The molecule has 0 aromatic heterocycles. The van der Waals surface area contributed by atoms with Crippen LogP contribution in [0.1, 0.15) is 49.9 Å². The third-order valence-corrected chi connectivity index (χ3v) is 5.45. The molecule has 1 heterocycles. The lowest BCUT2D eigenvalue weighted by Gasteiger charge is -2.23. The average molecular weight is 350 g/mol. The van der Waals surface area contributed by atoms with E-state index in [9.17, 15) is 4.79 Å². The summed E-state index contributed by atoms with van der Waals surface area (Å²) in [5, 5.41) is 10.3. The molecule has 1 aliphatic heterocycles. The molecule has 0 saturated carbocycles. The molecule has 5 nitrogen and oxygen atoms in total. The first-order chi connectivity index (χ1) is 12.4. The van der Waals surface area contributed by atoms with Gasteiger partial charge in [-0.25, -0.2) is 4.79 Å². The van der Waals surface area contributed by atoms with E-state index in [1.807, 2.05) is 18.4 Å².